The topological polar surface area (TPSA) is 74.8 Å². The molecule has 0 unspecified atom stereocenters. The maximum absolute atomic E-state index is 12.4. The maximum Gasteiger partial charge on any atom is 0.272 e. The third kappa shape index (κ3) is 3.28. The minimum Gasteiger partial charge on any atom is -0.353 e. The Labute approximate surface area is 135 Å². The molecule has 3 atom stereocenters. The molecule has 5 nitrogen and oxygen atoms in total. The van der Waals surface area contributed by atoms with Crippen LogP contribution in [0, 0.1) is 11.8 Å². The molecule has 1 aliphatic rings. The van der Waals surface area contributed by atoms with Crippen molar-refractivity contribution >= 4 is 16.7 Å². The first-order chi connectivity index (χ1) is 11.1. The average Bonchev–Trinajstić information content (AvgIpc) is 2.55. The second kappa shape index (κ2) is 6.52. The molecule has 2 N–H and O–H groups in total. The van der Waals surface area contributed by atoms with Crippen molar-refractivity contribution in [3.63, 3.8) is 0 Å². The molecule has 0 radical (unpaired) electrons. The number of aromatic nitrogens is 2. The normalized spacial score (nSPS) is 24.5. The van der Waals surface area contributed by atoms with Crippen molar-refractivity contribution in [2.24, 2.45) is 11.8 Å². The number of aromatic amines is 1. The first-order valence-electron chi connectivity index (χ1n) is 8.32. The fourth-order valence-electron chi connectivity index (χ4n) is 3.50. The highest BCUT2D eigenvalue weighted by molar-refractivity contribution is 5.88. The van der Waals surface area contributed by atoms with Gasteiger partial charge in [0.05, 0.1) is 17.5 Å². The molecule has 3 rings (SSSR count). The Bertz CT molecular complexity index is 768. The Morgan fingerprint density at radius 1 is 1.26 bits per heavy atom. The Kier molecular flexibility index (Phi) is 4.46. The number of nitrogens with zero attached hydrogens (tertiary/aromatic N) is 1. The molecule has 0 aliphatic heterocycles. The molecule has 1 aromatic heterocycles. The molecule has 122 valence electrons. The maximum atomic E-state index is 12.4. The van der Waals surface area contributed by atoms with E-state index in [9.17, 15) is 9.59 Å². The number of fused-ring (bicyclic) bond motifs is 1. The van der Waals surface area contributed by atoms with Crippen molar-refractivity contribution in [2.45, 2.75) is 45.6 Å². The third-order valence-corrected chi connectivity index (χ3v) is 5.16. The van der Waals surface area contributed by atoms with E-state index in [4.69, 9.17) is 0 Å². The van der Waals surface area contributed by atoms with Crippen LogP contribution in [0.15, 0.2) is 29.1 Å². The zero-order valence-electron chi connectivity index (χ0n) is 13.6. The van der Waals surface area contributed by atoms with Gasteiger partial charge in [0.15, 0.2) is 0 Å². The summed E-state index contributed by atoms with van der Waals surface area (Å²) in [6.07, 6.45) is 3.63. The van der Waals surface area contributed by atoms with Gasteiger partial charge in [-0.1, -0.05) is 44.9 Å². The predicted octanol–water partition coefficient (Wildman–Crippen LogP) is 2.41. The minimum atomic E-state index is -0.223. The number of carbonyl (C=O) groups excluding carboxylic acids is 1. The van der Waals surface area contributed by atoms with Crippen LogP contribution >= 0.6 is 0 Å². The number of benzene rings is 1. The van der Waals surface area contributed by atoms with Crippen LogP contribution in [0.2, 0.25) is 0 Å². The summed E-state index contributed by atoms with van der Waals surface area (Å²) in [5, 5.41) is 11.0. The van der Waals surface area contributed by atoms with Gasteiger partial charge in [-0.05, 0) is 24.3 Å². The van der Waals surface area contributed by atoms with Crippen LogP contribution in [0.3, 0.4) is 0 Å². The molecule has 23 heavy (non-hydrogen) atoms. The fraction of sp³-hybridized carbons (Fsp3) is 0.500. The van der Waals surface area contributed by atoms with Gasteiger partial charge < -0.3 is 5.32 Å². The second-order valence-corrected chi connectivity index (χ2v) is 6.66. The first-order valence-corrected chi connectivity index (χ1v) is 8.32. The zero-order valence-corrected chi connectivity index (χ0v) is 13.6. The van der Waals surface area contributed by atoms with Gasteiger partial charge in [0.25, 0.3) is 5.56 Å². The molecule has 1 aromatic carbocycles. The smallest absolute Gasteiger partial charge is 0.272 e. The lowest BCUT2D eigenvalue weighted by atomic mass is 9.78. The van der Waals surface area contributed by atoms with Crippen molar-refractivity contribution in [2.75, 3.05) is 0 Å². The van der Waals surface area contributed by atoms with Crippen molar-refractivity contribution in [3.05, 3.63) is 40.3 Å². The second-order valence-electron chi connectivity index (χ2n) is 6.66. The molecular weight excluding hydrogens is 290 g/mol. The van der Waals surface area contributed by atoms with Gasteiger partial charge in [-0.3, -0.25) is 9.59 Å². The van der Waals surface area contributed by atoms with Gasteiger partial charge in [0.2, 0.25) is 5.91 Å². The van der Waals surface area contributed by atoms with Crippen LogP contribution < -0.4 is 10.9 Å². The van der Waals surface area contributed by atoms with E-state index in [1.807, 2.05) is 18.2 Å². The number of nitrogens with one attached hydrogen (secondary N) is 2. The summed E-state index contributed by atoms with van der Waals surface area (Å²) in [7, 11) is 0. The number of hydrogen-bond acceptors (Lipinski definition) is 3. The SMILES string of the molecule is C[C@@H]1[C@H](C)CCC[C@@H]1NC(=O)Cc1n[nH]c(=O)c2ccccc12. The molecular formula is C18H23N3O2. The number of amides is 1. The number of H-pyrrole nitrogens is 1. The molecule has 1 heterocycles. The van der Waals surface area contributed by atoms with E-state index >= 15 is 0 Å². The third-order valence-electron chi connectivity index (χ3n) is 5.16. The standard InChI is InChI=1S/C18H23N3O2/c1-11-6-5-9-15(12(11)2)19-17(22)10-16-13-7-3-4-8-14(13)18(23)21-20-16/h3-4,7-8,11-12,15H,5-6,9-10H2,1-2H3,(H,19,22)(H,21,23)/t11-,12-,15+/m1/s1. The molecule has 0 saturated heterocycles. The molecule has 0 bridgehead atoms. The molecule has 0 spiro atoms. The summed E-state index contributed by atoms with van der Waals surface area (Å²) in [5.41, 5.74) is 0.397. The van der Waals surface area contributed by atoms with Crippen LogP contribution in [0.5, 0.6) is 0 Å². The van der Waals surface area contributed by atoms with Crippen LogP contribution in [0.4, 0.5) is 0 Å². The highest BCUT2D eigenvalue weighted by atomic mass is 16.1. The Morgan fingerprint density at radius 2 is 2.00 bits per heavy atom. The van der Waals surface area contributed by atoms with E-state index in [2.05, 4.69) is 29.4 Å². The Morgan fingerprint density at radius 3 is 2.78 bits per heavy atom. The number of carbonyl (C=O) groups is 1. The highest BCUT2D eigenvalue weighted by Crippen LogP contribution is 2.29. The van der Waals surface area contributed by atoms with Crippen LogP contribution in [0.1, 0.15) is 38.8 Å². The number of rotatable bonds is 3. The molecule has 2 aromatic rings. The molecule has 1 fully saturated rings. The minimum absolute atomic E-state index is 0.0272. The molecule has 1 aliphatic carbocycles. The molecule has 1 amide bonds. The van der Waals surface area contributed by atoms with E-state index in [-0.39, 0.29) is 23.9 Å². The fourth-order valence-corrected chi connectivity index (χ4v) is 3.50. The van der Waals surface area contributed by atoms with E-state index in [0.29, 0.717) is 22.9 Å². The predicted molar refractivity (Wildman–Crippen MR) is 90.2 cm³/mol. The summed E-state index contributed by atoms with van der Waals surface area (Å²) in [4.78, 5) is 24.2. The van der Waals surface area contributed by atoms with Gasteiger partial charge in [0.1, 0.15) is 0 Å². The van der Waals surface area contributed by atoms with Crippen LogP contribution in [0.25, 0.3) is 10.8 Å². The molecule has 1 saturated carbocycles. The van der Waals surface area contributed by atoms with Gasteiger partial charge in [0, 0.05) is 11.4 Å². The van der Waals surface area contributed by atoms with E-state index in [1.54, 1.807) is 6.07 Å². The van der Waals surface area contributed by atoms with Crippen LogP contribution in [-0.2, 0) is 11.2 Å². The van der Waals surface area contributed by atoms with Crippen LogP contribution in [-0.4, -0.2) is 22.1 Å². The van der Waals surface area contributed by atoms with Crippen molar-refractivity contribution in [3.8, 4) is 0 Å². The van der Waals surface area contributed by atoms with Gasteiger partial charge >= 0.3 is 0 Å². The van der Waals surface area contributed by atoms with Gasteiger partial charge in [-0.2, -0.15) is 5.10 Å². The van der Waals surface area contributed by atoms with Gasteiger partial charge in [-0.25, -0.2) is 5.10 Å². The summed E-state index contributed by atoms with van der Waals surface area (Å²) in [5.74, 6) is 1.11. The summed E-state index contributed by atoms with van der Waals surface area (Å²) in [6.45, 7) is 4.46. The summed E-state index contributed by atoms with van der Waals surface area (Å²) >= 11 is 0. The lowest BCUT2D eigenvalue weighted by Crippen LogP contribution is -2.44. The lowest BCUT2D eigenvalue weighted by molar-refractivity contribution is -0.121. The van der Waals surface area contributed by atoms with E-state index < -0.39 is 0 Å². The molecule has 5 heteroatoms. The van der Waals surface area contributed by atoms with Crippen molar-refractivity contribution in [1.82, 2.24) is 15.5 Å². The zero-order chi connectivity index (χ0) is 16.4. The Balaban J connectivity index is 1.76. The van der Waals surface area contributed by atoms with Crippen molar-refractivity contribution in [1.29, 1.82) is 0 Å². The van der Waals surface area contributed by atoms with Gasteiger partial charge in [-0.15, -0.1) is 0 Å². The number of hydrogen-bond donors (Lipinski definition) is 2. The average molecular weight is 313 g/mol. The van der Waals surface area contributed by atoms with E-state index in [1.165, 1.54) is 6.42 Å². The lowest BCUT2D eigenvalue weighted by Gasteiger charge is -2.34. The Hall–Kier alpha value is -2.17. The summed E-state index contributed by atoms with van der Waals surface area (Å²) in [6, 6.07) is 7.50. The first kappa shape index (κ1) is 15.7. The van der Waals surface area contributed by atoms with E-state index in [0.717, 1.165) is 18.2 Å². The van der Waals surface area contributed by atoms with Crippen molar-refractivity contribution < 1.29 is 4.79 Å². The highest BCUT2D eigenvalue weighted by Gasteiger charge is 2.28. The quantitative estimate of drug-likeness (QED) is 0.913. The largest absolute Gasteiger partial charge is 0.353 e. The summed E-state index contributed by atoms with van der Waals surface area (Å²) < 4.78 is 0. The monoisotopic (exact) mass is 313 g/mol.